The van der Waals surface area contributed by atoms with Gasteiger partial charge in [0, 0.05) is 0 Å². The van der Waals surface area contributed by atoms with Crippen LogP contribution in [0.15, 0.2) is 0 Å². The topological polar surface area (TPSA) is 43.1 Å². The molecule has 0 aliphatic heterocycles. The summed E-state index contributed by atoms with van der Waals surface area (Å²) in [6.07, 6.45) is -2.69. The molecule has 0 radical (unpaired) electrons. The SMILES string of the molecule is CC(C)(C(N)=O)C(F)F. The van der Waals surface area contributed by atoms with Gasteiger partial charge in [-0.2, -0.15) is 0 Å². The lowest BCUT2D eigenvalue weighted by molar-refractivity contribution is -0.133. The minimum Gasteiger partial charge on any atom is -0.369 e. The third-order valence-electron chi connectivity index (χ3n) is 1.18. The van der Waals surface area contributed by atoms with Gasteiger partial charge < -0.3 is 5.73 Å². The fourth-order valence-corrected chi connectivity index (χ4v) is 0.108. The zero-order chi connectivity index (χ0) is 7.65. The monoisotopic (exact) mass is 137 g/mol. The van der Waals surface area contributed by atoms with Crippen molar-refractivity contribution in [2.24, 2.45) is 11.1 Å². The molecule has 0 saturated heterocycles. The molecule has 0 aromatic rings. The average Bonchev–Trinajstić information content (AvgIpc) is 1.65. The highest BCUT2D eigenvalue weighted by molar-refractivity contribution is 5.80. The van der Waals surface area contributed by atoms with Crippen LogP contribution in [0.2, 0.25) is 0 Å². The van der Waals surface area contributed by atoms with E-state index in [2.05, 4.69) is 5.73 Å². The van der Waals surface area contributed by atoms with Gasteiger partial charge in [-0.15, -0.1) is 0 Å². The number of hydrogen-bond acceptors (Lipinski definition) is 1. The maximum atomic E-state index is 11.8. The molecule has 2 N–H and O–H groups in total. The number of alkyl halides is 2. The number of nitrogens with two attached hydrogens (primary N) is 1. The molecule has 0 aliphatic carbocycles. The van der Waals surface area contributed by atoms with E-state index in [-0.39, 0.29) is 0 Å². The minimum absolute atomic E-state index is 0.975. The van der Waals surface area contributed by atoms with Crippen molar-refractivity contribution in [1.82, 2.24) is 0 Å². The van der Waals surface area contributed by atoms with Crippen LogP contribution in [0.5, 0.6) is 0 Å². The summed E-state index contributed by atoms with van der Waals surface area (Å²) >= 11 is 0. The molecule has 1 amide bonds. The van der Waals surface area contributed by atoms with Gasteiger partial charge in [0.05, 0.1) is 0 Å². The molecule has 4 heteroatoms. The number of amides is 1. The first-order valence-corrected chi connectivity index (χ1v) is 2.47. The standard InChI is InChI=1S/C5H9F2NO/c1-5(2,3(6)7)4(8)9/h3H,1-2H3,(H2,8,9). The lowest BCUT2D eigenvalue weighted by atomic mass is 9.94. The molecule has 0 atom stereocenters. The van der Waals surface area contributed by atoms with E-state index >= 15 is 0 Å². The Kier molecular flexibility index (Phi) is 2.12. The van der Waals surface area contributed by atoms with Crippen molar-refractivity contribution in [2.75, 3.05) is 0 Å². The molecular formula is C5H9F2NO. The molecule has 0 spiro atoms. The second-order valence-electron chi connectivity index (χ2n) is 2.39. The molecule has 0 aromatic carbocycles. The average molecular weight is 137 g/mol. The summed E-state index contributed by atoms with van der Waals surface area (Å²) in [7, 11) is 0. The molecule has 9 heavy (non-hydrogen) atoms. The maximum Gasteiger partial charge on any atom is 0.252 e. The third kappa shape index (κ3) is 1.62. The summed E-state index contributed by atoms with van der Waals surface area (Å²) in [6.45, 7) is 2.22. The summed E-state index contributed by atoms with van der Waals surface area (Å²) < 4.78 is 23.5. The molecule has 0 unspecified atom stereocenters. The number of primary amides is 1. The molecule has 54 valence electrons. The summed E-state index contributed by atoms with van der Waals surface area (Å²) in [6, 6.07) is 0. The molecular weight excluding hydrogens is 128 g/mol. The lowest BCUT2D eigenvalue weighted by Crippen LogP contribution is -2.37. The van der Waals surface area contributed by atoms with Crippen molar-refractivity contribution in [3.63, 3.8) is 0 Å². The van der Waals surface area contributed by atoms with E-state index in [0.717, 1.165) is 13.8 Å². The first-order valence-electron chi connectivity index (χ1n) is 2.47. The van der Waals surface area contributed by atoms with Crippen LogP contribution in [0, 0.1) is 5.41 Å². The van der Waals surface area contributed by atoms with Crippen LogP contribution in [-0.2, 0) is 4.79 Å². The highest BCUT2D eigenvalue weighted by atomic mass is 19.3. The molecule has 0 heterocycles. The zero-order valence-electron chi connectivity index (χ0n) is 5.32. The van der Waals surface area contributed by atoms with Gasteiger partial charge in [0.15, 0.2) is 0 Å². The van der Waals surface area contributed by atoms with E-state index in [1.165, 1.54) is 0 Å². The van der Waals surface area contributed by atoms with Crippen LogP contribution in [0.3, 0.4) is 0 Å². The van der Waals surface area contributed by atoms with E-state index in [0.29, 0.717) is 0 Å². The van der Waals surface area contributed by atoms with E-state index in [4.69, 9.17) is 0 Å². The predicted octanol–water partition coefficient (Wildman–Crippen LogP) is 0.763. The van der Waals surface area contributed by atoms with Crippen molar-refractivity contribution in [2.45, 2.75) is 20.3 Å². The Morgan fingerprint density at radius 1 is 1.56 bits per heavy atom. The molecule has 0 bridgehead atoms. The van der Waals surface area contributed by atoms with Crippen LogP contribution < -0.4 is 5.73 Å². The van der Waals surface area contributed by atoms with E-state index in [9.17, 15) is 13.6 Å². The van der Waals surface area contributed by atoms with Crippen molar-refractivity contribution in [1.29, 1.82) is 0 Å². The van der Waals surface area contributed by atoms with E-state index < -0.39 is 17.7 Å². The highest BCUT2D eigenvalue weighted by Crippen LogP contribution is 2.23. The van der Waals surface area contributed by atoms with Crippen molar-refractivity contribution in [3.8, 4) is 0 Å². The highest BCUT2D eigenvalue weighted by Gasteiger charge is 2.35. The van der Waals surface area contributed by atoms with Crippen LogP contribution in [0.4, 0.5) is 8.78 Å². The molecule has 0 aliphatic rings. The Hall–Kier alpha value is -0.670. The second kappa shape index (κ2) is 2.29. The van der Waals surface area contributed by atoms with Crippen LogP contribution in [0.25, 0.3) is 0 Å². The first-order chi connectivity index (χ1) is 3.89. The van der Waals surface area contributed by atoms with E-state index in [1.807, 2.05) is 0 Å². The Morgan fingerprint density at radius 3 is 1.89 bits per heavy atom. The first kappa shape index (κ1) is 8.33. The smallest absolute Gasteiger partial charge is 0.252 e. The number of hydrogen-bond donors (Lipinski definition) is 1. The lowest BCUT2D eigenvalue weighted by Gasteiger charge is -2.17. The molecule has 0 fully saturated rings. The summed E-state index contributed by atoms with van der Waals surface area (Å²) in [5, 5.41) is 0. The number of halogens is 2. The van der Waals surface area contributed by atoms with Gasteiger partial charge >= 0.3 is 0 Å². The minimum atomic E-state index is -2.69. The summed E-state index contributed by atoms with van der Waals surface area (Å²) in [5.41, 5.74) is 2.96. The third-order valence-corrected chi connectivity index (χ3v) is 1.18. The fourth-order valence-electron chi connectivity index (χ4n) is 0.108. The molecule has 0 rings (SSSR count). The number of carbonyl (C=O) groups excluding carboxylic acids is 1. The Labute approximate surface area is 52.0 Å². The second-order valence-corrected chi connectivity index (χ2v) is 2.39. The van der Waals surface area contributed by atoms with Gasteiger partial charge in [0.1, 0.15) is 5.41 Å². The summed E-state index contributed by atoms with van der Waals surface area (Å²) in [5.74, 6) is -0.975. The molecule has 0 aromatic heterocycles. The Bertz CT molecular complexity index is 122. The van der Waals surface area contributed by atoms with Gasteiger partial charge in [-0.3, -0.25) is 4.79 Å². The molecule has 0 saturated carbocycles. The van der Waals surface area contributed by atoms with Gasteiger partial charge in [-0.25, -0.2) is 8.78 Å². The fraction of sp³-hybridized carbons (Fsp3) is 0.800. The normalized spacial score (nSPS) is 12.1. The van der Waals surface area contributed by atoms with Crippen LogP contribution in [-0.4, -0.2) is 12.3 Å². The number of carbonyl (C=O) groups is 1. The van der Waals surface area contributed by atoms with Crippen molar-refractivity contribution in [3.05, 3.63) is 0 Å². The van der Waals surface area contributed by atoms with E-state index in [1.54, 1.807) is 0 Å². The number of rotatable bonds is 2. The summed E-state index contributed by atoms with van der Waals surface area (Å²) in [4.78, 5) is 10.2. The Balaban J connectivity index is 4.19. The van der Waals surface area contributed by atoms with Crippen molar-refractivity contribution < 1.29 is 13.6 Å². The van der Waals surface area contributed by atoms with Gasteiger partial charge in [0.25, 0.3) is 6.43 Å². The molecule has 2 nitrogen and oxygen atoms in total. The van der Waals surface area contributed by atoms with Gasteiger partial charge in [0.2, 0.25) is 5.91 Å². The van der Waals surface area contributed by atoms with Crippen molar-refractivity contribution >= 4 is 5.91 Å². The van der Waals surface area contributed by atoms with Crippen LogP contribution in [0.1, 0.15) is 13.8 Å². The maximum absolute atomic E-state index is 11.8. The van der Waals surface area contributed by atoms with Gasteiger partial charge in [-0.1, -0.05) is 0 Å². The quantitative estimate of drug-likeness (QED) is 0.600. The Morgan fingerprint density at radius 2 is 1.89 bits per heavy atom. The van der Waals surface area contributed by atoms with Crippen LogP contribution >= 0.6 is 0 Å². The predicted molar refractivity (Wildman–Crippen MR) is 29.0 cm³/mol. The zero-order valence-corrected chi connectivity index (χ0v) is 5.32. The van der Waals surface area contributed by atoms with Gasteiger partial charge in [-0.05, 0) is 13.8 Å². The largest absolute Gasteiger partial charge is 0.369 e.